The van der Waals surface area contributed by atoms with E-state index in [-0.39, 0.29) is 10.6 Å². The van der Waals surface area contributed by atoms with Gasteiger partial charge in [-0.05, 0) is 36.8 Å². The molecule has 0 saturated carbocycles. The quantitative estimate of drug-likeness (QED) is 0.691. The van der Waals surface area contributed by atoms with Gasteiger partial charge in [0.15, 0.2) is 5.03 Å². The van der Waals surface area contributed by atoms with Crippen LogP contribution in [-0.4, -0.2) is 22.4 Å². The Balaban J connectivity index is 2.28. The first-order valence-corrected chi connectivity index (χ1v) is 8.02. The van der Waals surface area contributed by atoms with Gasteiger partial charge < -0.3 is 0 Å². The van der Waals surface area contributed by atoms with E-state index in [1.165, 1.54) is 24.5 Å². The number of rotatable bonds is 3. The molecule has 3 heterocycles. The zero-order valence-electron chi connectivity index (χ0n) is 11.9. The van der Waals surface area contributed by atoms with Crippen LogP contribution in [0.5, 0.6) is 0 Å². The summed E-state index contributed by atoms with van der Waals surface area (Å²) in [5, 5.41) is -0.221. The zero-order chi connectivity index (χ0) is 16.6. The first kappa shape index (κ1) is 15.3. The number of pyridine rings is 2. The molecule has 3 aromatic rings. The minimum atomic E-state index is -4.17. The largest absolute Gasteiger partial charge is 0.286 e. The molecule has 0 amide bonds. The number of hydrogen-bond acceptors (Lipinski definition) is 4. The van der Waals surface area contributed by atoms with Crippen LogP contribution in [0.3, 0.4) is 0 Å². The van der Waals surface area contributed by atoms with E-state index >= 15 is 0 Å². The van der Waals surface area contributed by atoms with Gasteiger partial charge in [0, 0.05) is 18.6 Å². The van der Waals surface area contributed by atoms with Crippen molar-refractivity contribution in [2.45, 2.75) is 11.9 Å². The standard InChI is InChI=1S/C15H11F2N3O2S/c1-10-4-2-8-19-15(10)23(21,22)20-9-6-12(16)13(20)11-5-3-7-18-14(11)17/h2-9H,1H3. The van der Waals surface area contributed by atoms with Crippen LogP contribution in [0.4, 0.5) is 8.78 Å². The van der Waals surface area contributed by atoms with Gasteiger partial charge >= 0.3 is 0 Å². The molecule has 118 valence electrons. The van der Waals surface area contributed by atoms with Gasteiger partial charge in [-0.3, -0.25) is 0 Å². The third-order valence-electron chi connectivity index (χ3n) is 3.28. The fourth-order valence-corrected chi connectivity index (χ4v) is 3.74. The lowest BCUT2D eigenvalue weighted by molar-refractivity contribution is 0.574. The summed E-state index contributed by atoms with van der Waals surface area (Å²) in [4.78, 5) is 7.28. The second kappa shape index (κ2) is 5.54. The molecular formula is C15H11F2N3O2S. The highest BCUT2D eigenvalue weighted by molar-refractivity contribution is 7.90. The van der Waals surface area contributed by atoms with E-state index in [0.717, 1.165) is 12.3 Å². The molecule has 23 heavy (non-hydrogen) atoms. The molecule has 5 nitrogen and oxygen atoms in total. The Labute approximate surface area is 131 Å². The average molecular weight is 335 g/mol. The van der Waals surface area contributed by atoms with E-state index in [9.17, 15) is 17.2 Å². The number of halogens is 2. The highest BCUT2D eigenvalue weighted by Gasteiger charge is 2.27. The number of hydrogen-bond donors (Lipinski definition) is 0. The monoisotopic (exact) mass is 335 g/mol. The van der Waals surface area contributed by atoms with E-state index in [1.807, 2.05) is 0 Å². The fourth-order valence-electron chi connectivity index (χ4n) is 2.24. The molecule has 0 unspecified atom stereocenters. The van der Waals surface area contributed by atoms with Crippen molar-refractivity contribution < 1.29 is 17.2 Å². The fraction of sp³-hybridized carbons (Fsp3) is 0.0667. The van der Waals surface area contributed by atoms with Gasteiger partial charge in [-0.1, -0.05) is 6.07 Å². The lowest BCUT2D eigenvalue weighted by Crippen LogP contribution is -2.16. The van der Waals surface area contributed by atoms with Crippen LogP contribution in [0.2, 0.25) is 0 Å². The topological polar surface area (TPSA) is 64.8 Å². The van der Waals surface area contributed by atoms with Crippen LogP contribution in [0.25, 0.3) is 11.3 Å². The van der Waals surface area contributed by atoms with Crippen LogP contribution in [0.15, 0.2) is 53.9 Å². The minimum Gasteiger partial charge on any atom is -0.243 e. The van der Waals surface area contributed by atoms with Gasteiger partial charge in [0.25, 0.3) is 10.0 Å². The summed E-state index contributed by atoms with van der Waals surface area (Å²) < 4.78 is 54.2. The minimum absolute atomic E-state index is 0.221. The molecule has 0 N–H and O–H groups in total. The maximum atomic E-state index is 14.1. The van der Waals surface area contributed by atoms with Gasteiger partial charge in [0.1, 0.15) is 11.5 Å². The molecule has 0 aliphatic heterocycles. The van der Waals surface area contributed by atoms with Gasteiger partial charge in [-0.25, -0.2) is 18.3 Å². The third kappa shape index (κ3) is 2.50. The molecule has 0 saturated heterocycles. The van der Waals surface area contributed by atoms with Crippen LogP contribution in [-0.2, 0) is 10.0 Å². The first-order chi connectivity index (χ1) is 10.9. The van der Waals surface area contributed by atoms with Crippen molar-refractivity contribution in [1.29, 1.82) is 0 Å². The van der Waals surface area contributed by atoms with Gasteiger partial charge in [0.2, 0.25) is 5.95 Å². The number of aromatic nitrogens is 3. The summed E-state index contributed by atoms with van der Waals surface area (Å²) in [6, 6.07) is 6.78. The Bertz CT molecular complexity index is 984. The molecular weight excluding hydrogens is 324 g/mol. The average Bonchev–Trinajstić information content (AvgIpc) is 2.90. The molecule has 0 fully saturated rings. The summed E-state index contributed by atoms with van der Waals surface area (Å²) in [6.45, 7) is 1.57. The summed E-state index contributed by atoms with van der Waals surface area (Å²) in [7, 11) is -4.17. The van der Waals surface area contributed by atoms with Crippen molar-refractivity contribution in [3.05, 3.63) is 66.3 Å². The molecule has 3 rings (SSSR count). The van der Waals surface area contributed by atoms with Crippen molar-refractivity contribution in [1.82, 2.24) is 13.9 Å². The van der Waals surface area contributed by atoms with E-state index in [1.54, 1.807) is 19.1 Å². The predicted octanol–water partition coefficient (Wildman–Crippen LogP) is 2.77. The normalized spacial score (nSPS) is 11.6. The van der Waals surface area contributed by atoms with Crippen LogP contribution < -0.4 is 0 Å². The molecule has 0 aliphatic carbocycles. The Kier molecular flexibility index (Phi) is 3.69. The first-order valence-electron chi connectivity index (χ1n) is 6.58. The molecule has 3 aromatic heterocycles. The second-order valence-corrected chi connectivity index (χ2v) is 6.51. The molecule has 0 spiro atoms. The number of nitrogens with zero attached hydrogens (tertiary/aromatic N) is 3. The predicted molar refractivity (Wildman–Crippen MR) is 79.1 cm³/mol. The molecule has 0 bridgehead atoms. The Morgan fingerprint density at radius 2 is 1.74 bits per heavy atom. The van der Waals surface area contributed by atoms with Crippen LogP contribution in [0, 0.1) is 18.7 Å². The van der Waals surface area contributed by atoms with E-state index in [0.29, 0.717) is 9.54 Å². The number of aryl methyl sites for hydroxylation is 1. The molecule has 8 heteroatoms. The third-order valence-corrected chi connectivity index (χ3v) is 5.02. The maximum Gasteiger partial charge on any atom is 0.286 e. The SMILES string of the molecule is Cc1cccnc1S(=O)(=O)n1ccc(F)c1-c1cccnc1F. The van der Waals surface area contributed by atoms with E-state index in [4.69, 9.17) is 0 Å². The van der Waals surface area contributed by atoms with Crippen molar-refractivity contribution in [3.63, 3.8) is 0 Å². The molecule has 0 aromatic carbocycles. The smallest absolute Gasteiger partial charge is 0.243 e. The molecule has 0 atom stereocenters. The Hall–Kier alpha value is -2.61. The van der Waals surface area contributed by atoms with E-state index in [2.05, 4.69) is 9.97 Å². The van der Waals surface area contributed by atoms with Crippen molar-refractivity contribution in [2.75, 3.05) is 0 Å². The Morgan fingerprint density at radius 1 is 1.04 bits per heavy atom. The highest BCUT2D eigenvalue weighted by Crippen LogP contribution is 2.29. The zero-order valence-corrected chi connectivity index (χ0v) is 12.8. The van der Waals surface area contributed by atoms with E-state index < -0.39 is 27.5 Å². The summed E-state index contributed by atoms with van der Waals surface area (Å²) in [5.74, 6) is -1.83. The second-order valence-electron chi connectivity index (χ2n) is 4.78. The summed E-state index contributed by atoms with van der Waals surface area (Å²) >= 11 is 0. The van der Waals surface area contributed by atoms with Crippen molar-refractivity contribution in [2.24, 2.45) is 0 Å². The van der Waals surface area contributed by atoms with Crippen molar-refractivity contribution >= 4 is 10.0 Å². The van der Waals surface area contributed by atoms with Gasteiger partial charge in [0.05, 0.1) is 5.56 Å². The summed E-state index contributed by atoms with van der Waals surface area (Å²) in [6.07, 6.45) is 3.55. The summed E-state index contributed by atoms with van der Waals surface area (Å²) in [5.41, 5.74) is -0.257. The van der Waals surface area contributed by atoms with Crippen LogP contribution >= 0.6 is 0 Å². The lowest BCUT2D eigenvalue weighted by atomic mass is 10.2. The Morgan fingerprint density at radius 3 is 2.43 bits per heavy atom. The van der Waals surface area contributed by atoms with Crippen molar-refractivity contribution in [3.8, 4) is 11.3 Å². The molecule has 0 radical (unpaired) electrons. The van der Waals surface area contributed by atoms with Gasteiger partial charge in [-0.15, -0.1) is 0 Å². The highest BCUT2D eigenvalue weighted by atomic mass is 32.2. The van der Waals surface area contributed by atoms with Crippen LogP contribution in [0.1, 0.15) is 5.56 Å². The van der Waals surface area contributed by atoms with Gasteiger partial charge in [-0.2, -0.15) is 12.8 Å². The maximum absolute atomic E-state index is 14.1. The lowest BCUT2D eigenvalue weighted by Gasteiger charge is -2.11. The molecule has 0 aliphatic rings.